The minimum absolute atomic E-state index is 0.356. The Labute approximate surface area is 323 Å². The topological polar surface area (TPSA) is 43.1 Å². The number of nitrogens with two attached hydrogens (primary N) is 1. The third kappa shape index (κ3) is 32.8. The average molecular weight is 712 g/mol. The molecule has 0 unspecified atom stereocenters. The molecule has 0 saturated carbocycles. The number of carbonyl (C=O) groups is 1. The molecule has 1 amide bonds. The van der Waals surface area contributed by atoms with E-state index in [1.54, 1.807) is 0 Å². The van der Waals surface area contributed by atoms with Crippen LogP contribution in [0.3, 0.4) is 0 Å². The van der Waals surface area contributed by atoms with E-state index in [1.165, 1.54) is 88.3 Å². The highest BCUT2D eigenvalue weighted by atomic mass is 16.1. The number of hydrogen-bond acceptors (Lipinski definition) is 1. The molecule has 0 fully saturated rings. The van der Waals surface area contributed by atoms with E-state index < -0.39 is 0 Å². The Morgan fingerprint density at radius 3 is 0.654 bits per heavy atom. The van der Waals surface area contributed by atoms with Gasteiger partial charge in [-0.3, -0.25) is 4.79 Å². The summed E-state index contributed by atoms with van der Waals surface area (Å²) in [5.74, 6) is -0.356. The van der Waals surface area contributed by atoms with Crippen LogP contribution < -0.4 is 5.73 Å². The first-order valence-corrected chi connectivity index (χ1v) is 20.5. The molecule has 0 aromatic rings. The number of allylic oxidation sites excluding steroid dienone is 19. The van der Waals surface area contributed by atoms with Crippen molar-refractivity contribution in [3.8, 4) is 0 Å². The predicted molar refractivity (Wildman–Crippen MR) is 236 cm³/mol. The minimum atomic E-state index is -0.356. The molecule has 0 radical (unpaired) electrons. The summed E-state index contributed by atoms with van der Waals surface area (Å²) in [6.07, 6.45) is 43.5. The van der Waals surface area contributed by atoms with E-state index in [9.17, 15) is 4.79 Å². The number of amides is 1. The van der Waals surface area contributed by atoms with Gasteiger partial charge in [0.05, 0.1) is 0 Å². The maximum absolute atomic E-state index is 11.0. The Kier molecular flexibility index (Phi) is 29.5. The highest BCUT2D eigenvalue weighted by molar-refractivity contribution is 5.86. The van der Waals surface area contributed by atoms with Crippen LogP contribution in [0, 0.1) is 0 Å². The molecule has 2 N–H and O–H groups in total. The fourth-order valence-electron chi connectivity index (χ4n) is 6.09. The molecule has 0 aliphatic carbocycles. The smallest absolute Gasteiger partial charge is 0.241 e. The lowest BCUT2D eigenvalue weighted by atomic mass is 10.0. The standard InChI is InChI=1S/C50H81NO/c1-40(2)21-12-22-41(3)23-13-24-42(4)25-14-26-43(5)27-15-28-44(6)29-16-30-45(7)31-17-32-46(8)33-18-34-47(9)35-19-36-48(10)37-20-38-49(11)39-50(51)52/h21,23,25,27,29,31,33,35,37,39H,12-20,22,24,26,28,30,32,34,36,38H2,1-11H3,(H2,51,52). The Balaban J connectivity index is 4.25. The maximum Gasteiger partial charge on any atom is 0.241 e. The van der Waals surface area contributed by atoms with Crippen molar-refractivity contribution < 1.29 is 4.79 Å². The predicted octanol–water partition coefficient (Wildman–Crippen LogP) is 16.0. The van der Waals surface area contributed by atoms with Crippen molar-refractivity contribution in [2.45, 2.75) is 192 Å². The quantitative estimate of drug-likeness (QED) is 0.0637. The molecule has 0 bridgehead atoms. The van der Waals surface area contributed by atoms with Gasteiger partial charge < -0.3 is 5.73 Å². The highest BCUT2D eigenvalue weighted by Crippen LogP contribution is 2.18. The van der Waals surface area contributed by atoms with Crippen LogP contribution >= 0.6 is 0 Å². The molecule has 0 saturated heterocycles. The van der Waals surface area contributed by atoms with E-state index in [-0.39, 0.29) is 5.91 Å². The van der Waals surface area contributed by atoms with Crippen LogP contribution in [0.4, 0.5) is 0 Å². The van der Waals surface area contributed by atoms with Crippen molar-refractivity contribution in [3.05, 3.63) is 116 Å². The van der Waals surface area contributed by atoms with Crippen LogP contribution in [0.1, 0.15) is 192 Å². The molecule has 0 aromatic heterocycles. The van der Waals surface area contributed by atoms with Gasteiger partial charge in [0.1, 0.15) is 0 Å². The monoisotopic (exact) mass is 712 g/mol. The molecule has 0 aliphatic rings. The first kappa shape index (κ1) is 48.9. The molecule has 0 heterocycles. The summed E-state index contributed by atoms with van der Waals surface area (Å²) in [5.41, 5.74) is 19.7. The van der Waals surface area contributed by atoms with Crippen LogP contribution in [-0.2, 0) is 4.79 Å². The number of hydrogen-bond donors (Lipinski definition) is 1. The molecule has 2 nitrogen and oxygen atoms in total. The maximum atomic E-state index is 11.0. The molecule has 0 spiro atoms. The molecule has 0 atom stereocenters. The van der Waals surface area contributed by atoms with Crippen LogP contribution in [-0.4, -0.2) is 5.91 Å². The second-order valence-corrected chi connectivity index (χ2v) is 15.9. The zero-order chi connectivity index (χ0) is 39.1. The van der Waals surface area contributed by atoms with E-state index in [0.717, 1.165) is 89.0 Å². The summed E-state index contributed by atoms with van der Waals surface area (Å²) >= 11 is 0. The van der Waals surface area contributed by atoms with E-state index in [2.05, 4.69) is 124 Å². The summed E-state index contributed by atoms with van der Waals surface area (Å²) in [6, 6.07) is 0. The van der Waals surface area contributed by atoms with Gasteiger partial charge >= 0.3 is 0 Å². The van der Waals surface area contributed by atoms with Crippen LogP contribution in [0.2, 0.25) is 0 Å². The Bertz CT molecular complexity index is 1340. The average Bonchev–Trinajstić information content (AvgIpc) is 3.04. The van der Waals surface area contributed by atoms with E-state index in [4.69, 9.17) is 5.73 Å². The van der Waals surface area contributed by atoms with Gasteiger partial charge in [0, 0.05) is 6.08 Å². The lowest BCUT2D eigenvalue weighted by Gasteiger charge is -2.04. The van der Waals surface area contributed by atoms with Gasteiger partial charge in [-0.15, -0.1) is 0 Å². The summed E-state index contributed by atoms with van der Waals surface area (Å²) in [6.45, 7) is 24.5. The summed E-state index contributed by atoms with van der Waals surface area (Å²) in [7, 11) is 0. The minimum Gasteiger partial charge on any atom is -0.366 e. The van der Waals surface area contributed by atoms with Crippen LogP contribution in [0.5, 0.6) is 0 Å². The van der Waals surface area contributed by atoms with Gasteiger partial charge in [-0.05, 0) is 192 Å². The SMILES string of the molecule is CC(C)=CCCC(C)=CCCC(C)=CCCC(C)=CCCC(C)=CCCC(C)=CCCC(C)=CCCC(C)=CCCC(C)=CCCC(C)=CC(N)=O. The molecular weight excluding hydrogens is 631 g/mol. The fraction of sp³-hybridized carbons (Fsp3) is 0.580. The van der Waals surface area contributed by atoms with Gasteiger partial charge in [-0.25, -0.2) is 0 Å². The van der Waals surface area contributed by atoms with E-state index in [0.29, 0.717) is 0 Å². The van der Waals surface area contributed by atoms with Crippen LogP contribution in [0.15, 0.2) is 116 Å². The van der Waals surface area contributed by atoms with Gasteiger partial charge in [0.2, 0.25) is 5.91 Å². The Hall–Kier alpha value is -3.13. The van der Waals surface area contributed by atoms with Crippen molar-refractivity contribution in [2.24, 2.45) is 5.73 Å². The normalized spacial score (nSPS) is 14.7. The molecule has 292 valence electrons. The largest absolute Gasteiger partial charge is 0.366 e. The lowest BCUT2D eigenvalue weighted by molar-refractivity contribution is -0.113. The zero-order valence-corrected chi connectivity index (χ0v) is 36.0. The summed E-state index contributed by atoms with van der Waals surface area (Å²) in [5, 5.41) is 0. The Morgan fingerprint density at radius 2 is 0.481 bits per heavy atom. The fourth-order valence-corrected chi connectivity index (χ4v) is 6.09. The highest BCUT2D eigenvalue weighted by Gasteiger charge is 1.98. The number of carbonyl (C=O) groups excluding carboxylic acids is 1. The molecule has 0 aliphatic heterocycles. The van der Waals surface area contributed by atoms with Crippen molar-refractivity contribution in [1.82, 2.24) is 0 Å². The molecule has 0 rings (SSSR count). The molecular formula is C50H81NO. The Morgan fingerprint density at radius 1 is 0.308 bits per heavy atom. The van der Waals surface area contributed by atoms with E-state index >= 15 is 0 Å². The van der Waals surface area contributed by atoms with Gasteiger partial charge in [0.15, 0.2) is 0 Å². The first-order chi connectivity index (χ1) is 24.7. The summed E-state index contributed by atoms with van der Waals surface area (Å²) in [4.78, 5) is 11.0. The van der Waals surface area contributed by atoms with Crippen molar-refractivity contribution in [3.63, 3.8) is 0 Å². The second kappa shape index (κ2) is 31.4. The van der Waals surface area contributed by atoms with Crippen LogP contribution in [0.25, 0.3) is 0 Å². The van der Waals surface area contributed by atoms with Crippen molar-refractivity contribution in [2.75, 3.05) is 0 Å². The van der Waals surface area contributed by atoms with Gasteiger partial charge in [0.25, 0.3) is 0 Å². The number of rotatable bonds is 28. The van der Waals surface area contributed by atoms with Crippen molar-refractivity contribution in [1.29, 1.82) is 0 Å². The molecule has 52 heavy (non-hydrogen) atoms. The van der Waals surface area contributed by atoms with Gasteiger partial charge in [-0.1, -0.05) is 110 Å². The number of primary amides is 1. The molecule has 0 aromatic carbocycles. The summed E-state index contributed by atoms with van der Waals surface area (Å²) < 4.78 is 0. The molecule has 2 heteroatoms. The first-order valence-electron chi connectivity index (χ1n) is 20.5. The third-order valence-corrected chi connectivity index (χ3v) is 9.73. The third-order valence-electron chi connectivity index (χ3n) is 9.73. The zero-order valence-electron chi connectivity index (χ0n) is 36.0. The lowest BCUT2D eigenvalue weighted by Crippen LogP contribution is -2.06. The van der Waals surface area contributed by atoms with Crippen molar-refractivity contribution >= 4 is 5.91 Å². The van der Waals surface area contributed by atoms with E-state index in [1.807, 2.05) is 6.92 Å². The van der Waals surface area contributed by atoms with Gasteiger partial charge in [-0.2, -0.15) is 0 Å². The second-order valence-electron chi connectivity index (χ2n) is 15.9.